The fraction of sp³-hybridized carbons (Fsp3) is 0.429. The monoisotopic (exact) mass is 590 g/mol. The molecule has 0 aliphatic carbocycles. The van der Waals surface area contributed by atoms with Crippen molar-refractivity contribution < 1.29 is 9.78 Å². The zero-order valence-electron chi connectivity index (χ0n) is 28.7. The molecule has 0 bridgehead atoms. The van der Waals surface area contributed by atoms with Gasteiger partial charge in [-0.15, -0.1) is 0 Å². The van der Waals surface area contributed by atoms with Gasteiger partial charge in [0.1, 0.15) is 11.2 Å². The number of hydrogen-bond donors (Lipinski definition) is 0. The molecule has 0 heterocycles. The van der Waals surface area contributed by atoms with Gasteiger partial charge in [-0.25, -0.2) is 9.78 Å². The Morgan fingerprint density at radius 1 is 0.364 bits per heavy atom. The first-order chi connectivity index (χ1) is 20.8. The van der Waals surface area contributed by atoms with Gasteiger partial charge in [0.25, 0.3) is 0 Å². The molecule has 0 aliphatic heterocycles. The predicted octanol–water partition coefficient (Wildman–Crippen LogP) is 11.3. The molecular formula is C42H54O2. The average Bonchev–Trinajstić information content (AvgIpc) is 3.01. The van der Waals surface area contributed by atoms with E-state index in [0.29, 0.717) is 11.8 Å². The predicted molar refractivity (Wildman–Crippen MR) is 185 cm³/mol. The van der Waals surface area contributed by atoms with Crippen molar-refractivity contribution in [2.45, 2.75) is 91.3 Å². The maximum absolute atomic E-state index is 7.13. The third-order valence-corrected chi connectivity index (χ3v) is 10.2. The molecule has 44 heavy (non-hydrogen) atoms. The van der Waals surface area contributed by atoms with Crippen molar-refractivity contribution in [3.05, 3.63) is 144 Å². The molecule has 0 spiro atoms. The lowest BCUT2D eigenvalue weighted by molar-refractivity contribution is -0.444. The van der Waals surface area contributed by atoms with Crippen LogP contribution in [-0.2, 0) is 31.8 Å². The van der Waals surface area contributed by atoms with Crippen molar-refractivity contribution in [3.63, 3.8) is 0 Å². The first-order valence-corrected chi connectivity index (χ1v) is 16.3. The quantitative estimate of drug-likeness (QED) is 0.114. The Kier molecular flexibility index (Phi) is 10.3. The highest BCUT2D eigenvalue weighted by Gasteiger charge is 2.53. The lowest BCUT2D eigenvalue weighted by atomic mass is 9.60. The fourth-order valence-electron chi connectivity index (χ4n) is 8.68. The van der Waals surface area contributed by atoms with E-state index in [9.17, 15) is 0 Å². The van der Waals surface area contributed by atoms with Gasteiger partial charge in [0.15, 0.2) is 0 Å². The SMILES string of the molecule is CC(C)C(C(C)(C)c1ccccc1)C(C)(OOC(C)(c1ccccc1)C(C(C)C)C(C)(C)c1ccccc1)c1ccccc1. The smallest absolute Gasteiger partial charge is 0.130 e. The zero-order chi connectivity index (χ0) is 32.2. The molecule has 0 amide bonds. The van der Waals surface area contributed by atoms with E-state index in [1.165, 1.54) is 11.1 Å². The van der Waals surface area contributed by atoms with Gasteiger partial charge in [-0.2, -0.15) is 0 Å². The van der Waals surface area contributed by atoms with Crippen molar-refractivity contribution in [1.29, 1.82) is 0 Å². The van der Waals surface area contributed by atoms with E-state index < -0.39 is 11.2 Å². The minimum Gasteiger partial charge on any atom is -0.224 e. The lowest BCUT2D eigenvalue weighted by Crippen LogP contribution is -2.52. The Balaban J connectivity index is 1.89. The second-order valence-electron chi connectivity index (χ2n) is 14.7. The van der Waals surface area contributed by atoms with Gasteiger partial charge in [0, 0.05) is 11.8 Å². The summed E-state index contributed by atoms with van der Waals surface area (Å²) in [6.45, 7) is 23.1. The maximum atomic E-state index is 7.13. The fourth-order valence-corrected chi connectivity index (χ4v) is 8.68. The Hall–Kier alpha value is -3.20. The van der Waals surface area contributed by atoms with Crippen molar-refractivity contribution >= 4 is 0 Å². The standard InChI is InChI=1S/C42H54O2/c1-31(2)37(39(5,6)33-23-15-11-16-24-33)41(9,35-27-19-13-20-28-35)43-44-42(10,36-29-21-14-22-30-36)38(32(3)4)40(7,8)34-25-17-12-18-26-34/h11-32,37-38H,1-10H3. The van der Waals surface area contributed by atoms with Crippen molar-refractivity contribution in [1.82, 2.24) is 0 Å². The van der Waals surface area contributed by atoms with Crippen LogP contribution in [0.4, 0.5) is 0 Å². The maximum Gasteiger partial charge on any atom is 0.130 e. The van der Waals surface area contributed by atoms with Gasteiger partial charge >= 0.3 is 0 Å². The van der Waals surface area contributed by atoms with Crippen LogP contribution in [0.15, 0.2) is 121 Å². The number of benzene rings is 4. The second kappa shape index (κ2) is 13.4. The zero-order valence-corrected chi connectivity index (χ0v) is 28.7. The molecule has 234 valence electrons. The van der Waals surface area contributed by atoms with E-state index in [2.05, 4.69) is 191 Å². The van der Waals surface area contributed by atoms with E-state index in [-0.39, 0.29) is 22.7 Å². The summed E-state index contributed by atoms with van der Waals surface area (Å²) in [5.41, 5.74) is 2.86. The highest BCUT2D eigenvalue weighted by Crippen LogP contribution is 2.53. The van der Waals surface area contributed by atoms with Crippen LogP contribution >= 0.6 is 0 Å². The molecule has 4 aromatic carbocycles. The molecule has 4 atom stereocenters. The summed E-state index contributed by atoms with van der Waals surface area (Å²) >= 11 is 0. The van der Waals surface area contributed by atoms with Crippen LogP contribution in [0.25, 0.3) is 0 Å². The molecule has 0 aromatic heterocycles. The van der Waals surface area contributed by atoms with Gasteiger partial charge in [-0.05, 0) is 58.8 Å². The normalized spacial score (nSPS) is 16.7. The van der Waals surface area contributed by atoms with Gasteiger partial charge in [-0.3, -0.25) is 0 Å². The van der Waals surface area contributed by atoms with Crippen molar-refractivity contribution in [3.8, 4) is 0 Å². The van der Waals surface area contributed by atoms with E-state index >= 15 is 0 Å². The van der Waals surface area contributed by atoms with E-state index in [1.54, 1.807) is 0 Å². The molecule has 0 saturated heterocycles. The van der Waals surface area contributed by atoms with E-state index in [0.717, 1.165) is 11.1 Å². The Morgan fingerprint density at radius 3 is 0.818 bits per heavy atom. The summed E-state index contributed by atoms with van der Waals surface area (Å²) in [6.07, 6.45) is 0. The van der Waals surface area contributed by atoms with Crippen LogP contribution in [0.2, 0.25) is 0 Å². The van der Waals surface area contributed by atoms with E-state index in [1.807, 2.05) is 0 Å². The highest BCUT2D eigenvalue weighted by molar-refractivity contribution is 5.32. The Labute approximate surface area is 267 Å². The molecule has 0 radical (unpaired) electrons. The summed E-state index contributed by atoms with van der Waals surface area (Å²) in [5.74, 6) is 0.756. The molecule has 0 aliphatic rings. The van der Waals surface area contributed by atoms with Crippen LogP contribution in [-0.4, -0.2) is 0 Å². The second-order valence-corrected chi connectivity index (χ2v) is 14.7. The van der Waals surface area contributed by atoms with Gasteiger partial charge in [0.05, 0.1) is 0 Å². The minimum absolute atomic E-state index is 0.0828. The lowest BCUT2D eigenvalue weighted by Gasteiger charge is -2.52. The summed E-state index contributed by atoms with van der Waals surface area (Å²) in [4.78, 5) is 14.3. The molecule has 0 saturated carbocycles. The topological polar surface area (TPSA) is 18.5 Å². The molecular weight excluding hydrogens is 536 g/mol. The van der Waals surface area contributed by atoms with E-state index in [4.69, 9.17) is 9.78 Å². The average molecular weight is 591 g/mol. The van der Waals surface area contributed by atoms with Crippen molar-refractivity contribution in [2.24, 2.45) is 23.7 Å². The molecule has 0 N–H and O–H groups in total. The van der Waals surface area contributed by atoms with Crippen LogP contribution in [0.3, 0.4) is 0 Å². The summed E-state index contributed by atoms with van der Waals surface area (Å²) in [7, 11) is 0. The Morgan fingerprint density at radius 2 is 0.591 bits per heavy atom. The molecule has 4 aromatic rings. The van der Waals surface area contributed by atoms with Gasteiger partial charge in [0.2, 0.25) is 0 Å². The molecule has 2 heteroatoms. The van der Waals surface area contributed by atoms with Gasteiger partial charge < -0.3 is 0 Å². The van der Waals surface area contributed by atoms with Crippen LogP contribution < -0.4 is 0 Å². The summed E-state index contributed by atoms with van der Waals surface area (Å²) in [6, 6.07) is 43.0. The van der Waals surface area contributed by atoms with Crippen LogP contribution in [0.5, 0.6) is 0 Å². The third kappa shape index (κ3) is 6.58. The molecule has 2 nitrogen and oxygen atoms in total. The largest absolute Gasteiger partial charge is 0.224 e. The summed E-state index contributed by atoms with van der Waals surface area (Å²) < 4.78 is 0. The molecule has 4 rings (SSSR count). The van der Waals surface area contributed by atoms with Crippen LogP contribution in [0, 0.1) is 23.7 Å². The minimum atomic E-state index is -0.761. The molecule has 4 unspecified atom stereocenters. The molecule has 0 fully saturated rings. The first kappa shape index (κ1) is 33.7. The van der Waals surface area contributed by atoms with Gasteiger partial charge in [-0.1, -0.05) is 177 Å². The third-order valence-electron chi connectivity index (χ3n) is 10.2. The first-order valence-electron chi connectivity index (χ1n) is 16.3. The number of rotatable bonds is 13. The van der Waals surface area contributed by atoms with Crippen molar-refractivity contribution in [2.75, 3.05) is 0 Å². The Bertz CT molecular complexity index is 1310. The van der Waals surface area contributed by atoms with Crippen LogP contribution in [0.1, 0.15) is 91.5 Å². The summed E-state index contributed by atoms with van der Waals surface area (Å²) in [5, 5.41) is 0. The number of hydrogen-bond acceptors (Lipinski definition) is 2. The highest BCUT2D eigenvalue weighted by atomic mass is 17.2.